The summed E-state index contributed by atoms with van der Waals surface area (Å²) in [5.41, 5.74) is 0.372. The van der Waals surface area contributed by atoms with Crippen LogP contribution in [0.4, 0.5) is 0 Å². The summed E-state index contributed by atoms with van der Waals surface area (Å²) < 4.78 is 5.35. The molecule has 27 heavy (non-hydrogen) atoms. The number of hydrogen-bond acceptors (Lipinski definition) is 4. The average molecular weight is 372 g/mol. The summed E-state index contributed by atoms with van der Waals surface area (Å²) >= 11 is 0. The predicted molar refractivity (Wildman–Crippen MR) is 99.7 cm³/mol. The third-order valence-electron chi connectivity index (χ3n) is 6.51. The smallest absolute Gasteiger partial charge is 0.227 e. The fourth-order valence-corrected chi connectivity index (χ4v) is 4.76. The van der Waals surface area contributed by atoms with Gasteiger partial charge in [-0.2, -0.15) is 0 Å². The molecule has 0 bridgehead atoms. The molecule has 6 heteroatoms. The molecule has 0 aromatic heterocycles. The number of aliphatic hydroxyl groups is 1. The van der Waals surface area contributed by atoms with Gasteiger partial charge in [-0.3, -0.25) is 9.59 Å². The van der Waals surface area contributed by atoms with Gasteiger partial charge in [0.25, 0.3) is 0 Å². The SMILES string of the molecule is O=C(C1CCOCC1)N1CCC2(CC1)C[C@@H](O)[C@H](c1ccccc1)NC2=O. The minimum Gasteiger partial charge on any atom is -0.391 e. The van der Waals surface area contributed by atoms with E-state index in [1.165, 1.54) is 0 Å². The molecule has 0 radical (unpaired) electrons. The van der Waals surface area contributed by atoms with Crippen LogP contribution in [0.2, 0.25) is 0 Å². The Labute approximate surface area is 159 Å². The second kappa shape index (κ2) is 7.60. The van der Waals surface area contributed by atoms with Crippen LogP contribution in [0.3, 0.4) is 0 Å². The maximum atomic E-state index is 12.9. The van der Waals surface area contributed by atoms with Gasteiger partial charge in [-0.15, -0.1) is 0 Å². The van der Waals surface area contributed by atoms with Crippen LogP contribution in [0.1, 0.15) is 43.7 Å². The quantitative estimate of drug-likeness (QED) is 0.827. The first-order valence-corrected chi connectivity index (χ1v) is 10.00. The highest BCUT2D eigenvalue weighted by molar-refractivity contribution is 5.85. The minimum atomic E-state index is -0.608. The van der Waals surface area contributed by atoms with Gasteiger partial charge in [-0.05, 0) is 37.7 Å². The molecule has 4 rings (SSSR count). The molecule has 1 aromatic rings. The lowest BCUT2D eigenvalue weighted by atomic mass is 9.69. The Morgan fingerprint density at radius 1 is 1.15 bits per heavy atom. The van der Waals surface area contributed by atoms with Crippen LogP contribution in [-0.2, 0) is 14.3 Å². The van der Waals surface area contributed by atoms with Crippen LogP contribution in [0, 0.1) is 11.3 Å². The molecular weight excluding hydrogens is 344 g/mol. The van der Waals surface area contributed by atoms with Gasteiger partial charge in [0, 0.05) is 32.2 Å². The molecule has 3 aliphatic rings. The topological polar surface area (TPSA) is 78.9 Å². The number of aliphatic hydroxyl groups excluding tert-OH is 1. The second-order valence-electron chi connectivity index (χ2n) is 8.13. The zero-order chi connectivity index (χ0) is 18.9. The summed E-state index contributed by atoms with van der Waals surface area (Å²) in [4.78, 5) is 27.6. The van der Waals surface area contributed by atoms with E-state index in [0.29, 0.717) is 45.6 Å². The van der Waals surface area contributed by atoms with Crippen molar-refractivity contribution in [2.24, 2.45) is 11.3 Å². The lowest BCUT2D eigenvalue weighted by Crippen LogP contribution is -2.58. The van der Waals surface area contributed by atoms with Gasteiger partial charge in [-0.1, -0.05) is 30.3 Å². The van der Waals surface area contributed by atoms with Crippen molar-refractivity contribution in [2.45, 2.75) is 44.2 Å². The minimum absolute atomic E-state index is 0.0137. The molecule has 1 aromatic carbocycles. The maximum absolute atomic E-state index is 12.9. The Bertz CT molecular complexity index is 679. The Morgan fingerprint density at radius 2 is 1.81 bits per heavy atom. The highest BCUT2D eigenvalue weighted by atomic mass is 16.5. The third kappa shape index (κ3) is 3.60. The molecule has 146 valence electrons. The van der Waals surface area contributed by atoms with E-state index in [-0.39, 0.29) is 23.8 Å². The maximum Gasteiger partial charge on any atom is 0.227 e. The molecule has 3 fully saturated rings. The molecule has 3 saturated heterocycles. The van der Waals surface area contributed by atoms with E-state index >= 15 is 0 Å². The number of ether oxygens (including phenoxy) is 1. The van der Waals surface area contributed by atoms with Crippen LogP contribution in [0.15, 0.2) is 30.3 Å². The van der Waals surface area contributed by atoms with Crippen molar-refractivity contribution in [1.82, 2.24) is 10.2 Å². The fourth-order valence-electron chi connectivity index (χ4n) is 4.76. The van der Waals surface area contributed by atoms with Gasteiger partial charge in [0.05, 0.1) is 17.6 Å². The summed E-state index contributed by atoms with van der Waals surface area (Å²) in [6.07, 6.45) is 2.66. The zero-order valence-corrected chi connectivity index (χ0v) is 15.6. The molecule has 1 spiro atoms. The third-order valence-corrected chi connectivity index (χ3v) is 6.51. The number of hydrogen-bond donors (Lipinski definition) is 2. The summed E-state index contributed by atoms with van der Waals surface area (Å²) in [6.45, 7) is 2.49. The van der Waals surface area contributed by atoms with E-state index < -0.39 is 11.5 Å². The molecule has 0 unspecified atom stereocenters. The predicted octanol–water partition coefficient (Wildman–Crippen LogP) is 1.64. The summed E-state index contributed by atoms with van der Waals surface area (Å²) in [6, 6.07) is 9.26. The molecule has 6 nitrogen and oxygen atoms in total. The Balaban J connectivity index is 1.39. The summed E-state index contributed by atoms with van der Waals surface area (Å²) in [5, 5.41) is 13.8. The molecule has 2 amide bonds. The largest absolute Gasteiger partial charge is 0.391 e. The van der Waals surface area contributed by atoms with E-state index in [9.17, 15) is 14.7 Å². The van der Waals surface area contributed by atoms with E-state index in [2.05, 4.69) is 5.32 Å². The fraction of sp³-hybridized carbons (Fsp3) is 0.619. The number of rotatable bonds is 2. The van der Waals surface area contributed by atoms with Gasteiger partial charge in [0.1, 0.15) is 0 Å². The highest BCUT2D eigenvalue weighted by Crippen LogP contribution is 2.43. The molecule has 3 heterocycles. The van der Waals surface area contributed by atoms with Crippen LogP contribution >= 0.6 is 0 Å². The van der Waals surface area contributed by atoms with E-state index in [0.717, 1.165) is 18.4 Å². The van der Waals surface area contributed by atoms with Crippen LogP contribution in [0.25, 0.3) is 0 Å². The van der Waals surface area contributed by atoms with Crippen LogP contribution in [-0.4, -0.2) is 54.2 Å². The lowest BCUT2D eigenvalue weighted by Gasteiger charge is -2.47. The van der Waals surface area contributed by atoms with Crippen molar-refractivity contribution in [3.8, 4) is 0 Å². The molecular formula is C21H28N2O4. The summed E-state index contributed by atoms with van der Waals surface area (Å²) in [7, 11) is 0. The Morgan fingerprint density at radius 3 is 2.48 bits per heavy atom. The zero-order valence-electron chi connectivity index (χ0n) is 15.6. The van der Waals surface area contributed by atoms with Crippen molar-refractivity contribution in [2.75, 3.05) is 26.3 Å². The molecule has 0 aliphatic carbocycles. The molecule has 3 aliphatic heterocycles. The number of amides is 2. The number of carbonyl (C=O) groups excluding carboxylic acids is 2. The van der Waals surface area contributed by atoms with Gasteiger partial charge in [0.15, 0.2) is 0 Å². The summed E-state index contributed by atoms with van der Waals surface area (Å²) in [5.74, 6) is 0.271. The van der Waals surface area contributed by atoms with Gasteiger partial charge in [-0.25, -0.2) is 0 Å². The van der Waals surface area contributed by atoms with Gasteiger partial charge >= 0.3 is 0 Å². The average Bonchev–Trinajstić information content (AvgIpc) is 2.72. The van der Waals surface area contributed by atoms with Gasteiger partial charge < -0.3 is 20.1 Å². The van der Waals surface area contributed by atoms with Crippen LogP contribution in [0.5, 0.6) is 0 Å². The molecule has 2 N–H and O–H groups in total. The van der Waals surface area contributed by atoms with Crippen molar-refractivity contribution in [3.05, 3.63) is 35.9 Å². The first-order chi connectivity index (χ1) is 13.1. The monoisotopic (exact) mass is 372 g/mol. The first-order valence-electron chi connectivity index (χ1n) is 10.00. The van der Waals surface area contributed by atoms with Crippen molar-refractivity contribution in [3.63, 3.8) is 0 Å². The van der Waals surface area contributed by atoms with E-state index in [1.807, 2.05) is 35.2 Å². The number of likely N-dealkylation sites (tertiary alicyclic amines) is 1. The van der Waals surface area contributed by atoms with E-state index in [4.69, 9.17) is 4.74 Å². The second-order valence-corrected chi connectivity index (χ2v) is 8.13. The normalized spacial score (nSPS) is 28.8. The molecule has 2 atom stereocenters. The molecule has 0 saturated carbocycles. The number of benzene rings is 1. The van der Waals surface area contributed by atoms with Crippen molar-refractivity contribution in [1.29, 1.82) is 0 Å². The Hall–Kier alpha value is -1.92. The first kappa shape index (κ1) is 18.4. The number of carbonyl (C=O) groups is 2. The highest BCUT2D eigenvalue weighted by Gasteiger charge is 2.49. The standard InChI is InChI=1S/C21H28N2O4/c24-17-14-21(20(26)22-18(17)15-4-2-1-3-5-15)8-10-23(11-9-21)19(25)16-6-12-27-13-7-16/h1-5,16-18,24H,6-14H2,(H,22,26)/t17-,18+/m1/s1. The Kier molecular flexibility index (Phi) is 5.19. The number of nitrogens with zero attached hydrogens (tertiary/aromatic N) is 1. The number of piperidine rings is 2. The van der Waals surface area contributed by atoms with Crippen molar-refractivity contribution < 1.29 is 19.4 Å². The van der Waals surface area contributed by atoms with E-state index in [1.54, 1.807) is 0 Å². The van der Waals surface area contributed by atoms with Crippen LogP contribution < -0.4 is 5.32 Å². The number of nitrogens with one attached hydrogen (secondary N) is 1. The van der Waals surface area contributed by atoms with Crippen molar-refractivity contribution >= 4 is 11.8 Å². The lowest BCUT2D eigenvalue weighted by molar-refractivity contribution is -0.150. The van der Waals surface area contributed by atoms with Gasteiger partial charge in [0.2, 0.25) is 11.8 Å².